The molecule has 0 fully saturated rings. The molecule has 0 amide bonds. The maximum absolute atomic E-state index is 0. The van der Waals surface area contributed by atoms with E-state index in [2.05, 4.69) is 0 Å². The zero-order chi connectivity index (χ0) is 0. The standard InChI is InChI=1S/Ni.Pd.Sb.Sn. The van der Waals surface area contributed by atoms with Crippen molar-refractivity contribution < 1.29 is 36.9 Å². The molecule has 0 unspecified atom stereocenters. The van der Waals surface area contributed by atoms with Crippen LogP contribution in [0.25, 0.3) is 0 Å². The molecule has 0 heterocycles. The van der Waals surface area contributed by atoms with Gasteiger partial charge in [-0.3, -0.25) is 0 Å². The van der Waals surface area contributed by atoms with E-state index < -0.39 is 0 Å². The Balaban J connectivity index is 0. The summed E-state index contributed by atoms with van der Waals surface area (Å²) in [6.45, 7) is 0. The first-order valence-corrected chi connectivity index (χ1v) is 0. The third-order valence-corrected chi connectivity index (χ3v) is 0. The fourth-order valence-corrected chi connectivity index (χ4v) is 0. The van der Waals surface area contributed by atoms with E-state index >= 15 is 0 Å². The van der Waals surface area contributed by atoms with Gasteiger partial charge in [-0.15, -0.1) is 0 Å². The molecule has 0 bridgehead atoms. The molecule has 7 radical (unpaired) electrons. The molecular formula is NiPdSbSn. The average Bonchev–Trinajstić information content (AvgIpc) is 0. The molecule has 0 aliphatic rings. The van der Waals surface area contributed by atoms with E-state index in [1.54, 1.807) is 0 Å². The van der Waals surface area contributed by atoms with Crippen LogP contribution in [0.15, 0.2) is 0 Å². The van der Waals surface area contributed by atoms with Crippen molar-refractivity contribution in [1.82, 2.24) is 0 Å². The van der Waals surface area contributed by atoms with Gasteiger partial charge in [-0.2, -0.15) is 0 Å². The molecule has 0 rings (SSSR count). The molecule has 0 aliphatic heterocycles. The molecule has 0 saturated heterocycles. The molecule has 0 aliphatic carbocycles. The quantitative estimate of drug-likeness (QED) is 0.465. The Labute approximate surface area is 83.8 Å². The van der Waals surface area contributed by atoms with E-state index in [-0.39, 0.29) is 85.2 Å². The fourth-order valence-electron chi connectivity index (χ4n) is 0. The van der Waals surface area contributed by atoms with Crippen molar-refractivity contribution in [3.8, 4) is 0 Å². The van der Waals surface area contributed by atoms with Crippen molar-refractivity contribution in [2.75, 3.05) is 0 Å². The van der Waals surface area contributed by atoms with E-state index in [4.69, 9.17) is 0 Å². The smallest absolute Gasteiger partial charge is 0 e. The Morgan fingerprint density at radius 3 is 1.00 bits per heavy atom. The van der Waals surface area contributed by atoms with Gasteiger partial charge < -0.3 is 0 Å². The topological polar surface area (TPSA) is 0 Å². The van der Waals surface area contributed by atoms with E-state index in [0.717, 1.165) is 0 Å². The molecule has 0 N–H and O–H groups in total. The average molecular weight is 406 g/mol. The van der Waals surface area contributed by atoms with Crippen LogP contribution in [0.3, 0.4) is 0 Å². The molecule has 0 atom stereocenters. The Bertz CT molecular complexity index is 8.00. The van der Waals surface area contributed by atoms with Crippen molar-refractivity contribution in [3.63, 3.8) is 0 Å². The summed E-state index contributed by atoms with van der Waals surface area (Å²) in [5.41, 5.74) is 0. The zero-order valence-corrected chi connectivity index (χ0v) is 9.53. The minimum absolute atomic E-state index is 0. The van der Waals surface area contributed by atoms with Crippen LogP contribution in [0.2, 0.25) is 0 Å². The van der Waals surface area contributed by atoms with E-state index in [9.17, 15) is 0 Å². The Kier molecular flexibility index (Phi) is 126. The molecule has 0 aromatic carbocycles. The second-order valence-corrected chi connectivity index (χ2v) is 0. The van der Waals surface area contributed by atoms with Crippen LogP contribution in [-0.2, 0) is 36.9 Å². The van der Waals surface area contributed by atoms with Gasteiger partial charge in [0.2, 0.25) is 0 Å². The van der Waals surface area contributed by atoms with Crippen LogP contribution in [0.1, 0.15) is 0 Å². The Morgan fingerprint density at radius 1 is 1.00 bits per heavy atom. The molecule has 0 nitrogen and oxygen atoms in total. The van der Waals surface area contributed by atoms with Crippen LogP contribution < -0.4 is 0 Å². The molecule has 0 spiro atoms. The normalized spacial score (nSPS) is 0. The minimum Gasteiger partial charge on any atom is 0 e. The maximum atomic E-state index is 0. The van der Waals surface area contributed by atoms with Crippen molar-refractivity contribution in [2.24, 2.45) is 0 Å². The Hall–Kier alpha value is 2.77. The van der Waals surface area contributed by atoms with Gasteiger partial charge in [-0.05, 0) is 0 Å². The van der Waals surface area contributed by atoms with Gasteiger partial charge in [0.1, 0.15) is 0 Å². The largest absolute Gasteiger partial charge is 0 e. The monoisotopic (exact) mass is 405 g/mol. The summed E-state index contributed by atoms with van der Waals surface area (Å²) in [6, 6.07) is 0. The first-order valence-electron chi connectivity index (χ1n) is 0. The second-order valence-electron chi connectivity index (χ2n) is 0. The summed E-state index contributed by atoms with van der Waals surface area (Å²) in [6.07, 6.45) is 0. The predicted molar refractivity (Wildman–Crippen MR) is 11.5 cm³/mol. The first kappa shape index (κ1) is 29.4. The fraction of sp³-hybridized carbons (Fsp3) is 0. The second kappa shape index (κ2) is 17.1. The molecule has 4 heteroatoms. The summed E-state index contributed by atoms with van der Waals surface area (Å²) < 4.78 is 0. The van der Waals surface area contributed by atoms with E-state index in [0.29, 0.717) is 0 Å². The minimum atomic E-state index is 0. The SMILES string of the molecule is [Ni].[Pd].[Sb].[Sn]. The summed E-state index contributed by atoms with van der Waals surface area (Å²) in [5, 5.41) is 0. The van der Waals surface area contributed by atoms with Crippen LogP contribution >= 0.6 is 0 Å². The Morgan fingerprint density at radius 2 is 1.00 bits per heavy atom. The molecule has 0 aromatic rings. The summed E-state index contributed by atoms with van der Waals surface area (Å²) >= 11 is 0. The molecule has 0 aromatic heterocycles. The van der Waals surface area contributed by atoms with Gasteiger partial charge in [0.05, 0.1) is 0 Å². The summed E-state index contributed by atoms with van der Waals surface area (Å²) in [7, 11) is 0. The van der Waals surface area contributed by atoms with Crippen molar-refractivity contribution >= 4 is 48.3 Å². The van der Waals surface area contributed by atoms with Crippen molar-refractivity contribution in [2.45, 2.75) is 0 Å². The van der Waals surface area contributed by atoms with Crippen LogP contribution in [0.4, 0.5) is 0 Å². The van der Waals surface area contributed by atoms with Gasteiger partial charge in [0.25, 0.3) is 0 Å². The third-order valence-electron chi connectivity index (χ3n) is 0. The van der Waals surface area contributed by atoms with Gasteiger partial charge >= 0.3 is 0 Å². The number of rotatable bonds is 0. The maximum Gasteiger partial charge on any atom is 0 e. The van der Waals surface area contributed by atoms with E-state index in [1.165, 1.54) is 0 Å². The molecular weight excluding hydrogens is 406 g/mol. The molecule has 29 valence electrons. The van der Waals surface area contributed by atoms with Crippen LogP contribution in [0, 0.1) is 0 Å². The van der Waals surface area contributed by atoms with Gasteiger partial charge in [-0.25, -0.2) is 0 Å². The molecule has 4 heavy (non-hydrogen) atoms. The zero-order valence-electron chi connectivity index (χ0n) is 1.58. The number of hydrogen-bond donors (Lipinski definition) is 0. The third kappa shape index (κ3) is 8.84. The first-order chi connectivity index (χ1) is 0. The van der Waals surface area contributed by atoms with Crippen molar-refractivity contribution in [3.05, 3.63) is 0 Å². The van der Waals surface area contributed by atoms with Crippen molar-refractivity contribution in [1.29, 1.82) is 0 Å². The summed E-state index contributed by atoms with van der Waals surface area (Å²) in [5.74, 6) is 0. The van der Waals surface area contributed by atoms with Gasteiger partial charge in [0.15, 0.2) is 0 Å². The summed E-state index contributed by atoms with van der Waals surface area (Å²) in [4.78, 5) is 0. The van der Waals surface area contributed by atoms with Crippen LogP contribution in [0.5, 0.6) is 0 Å². The predicted octanol–water partition coefficient (Wildman–Crippen LogP) is -0.767. The number of hydrogen-bond acceptors (Lipinski definition) is 0. The van der Waals surface area contributed by atoms with Gasteiger partial charge in [-0.1, -0.05) is 0 Å². The molecule has 0 saturated carbocycles. The van der Waals surface area contributed by atoms with E-state index in [1.807, 2.05) is 0 Å². The van der Waals surface area contributed by atoms with Gasteiger partial charge in [0, 0.05) is 85.2 Å². The van der Waals surface area contributed by atoms with Crippen LogP contribution in [-0.4, -0.2) is 48.3 Å².